The topological polar surface area (TPSA) is 87.5 Å². The number of nitrogens with two attached hydrogens (primary N) is 1. The molecule has 132 valence electrons. The minimum absolute atomic E-state index is 0. The normalized spacial score (nSPS) is 18.5. The highest BCUT2D eigenvalue weighted by Crippen LogP contribution is 2.31. The molecule has 7 heteroatoms. The molecule has 0 spiro atoms. The Morgan fingerprint density at radius 1 is 1.29 bits per heavy atom. The molecular weight excluding hydrogens is 328 g/mol. The van der Waals surface area contributed by atoms with Crippen molar-refractivity contribution in [3.63, 3.8) is 0 Å². The predicted octanol–water partition coefficient (Wildman–Crippen LogP) is 1.60. The smallest absolute Gasteiger partial charge is 0.248 e. The molecule has 2 aliphatic rings. The average Bonchev–Trinajstić information content (AvgIpc) is 2.99. The Labute approximate surface area is 148 Å². The van der Waals surface area contributed by atoms with Gasteiger partial charge in [0.25, 0.3) is 0 Å². The second-order valence-corrected chi connectivity index (χ2v) is 6.49. The van der Waals surface area contributed by atoms with E-state index in [9.17, 15) is 9.59 Å². The van der Waals surface area contributed by atoms with Crippen LogP contribution in [0.1, 0.15) is 30.1 Å². The monoisotopic (exact) mass is 352 g/mol. The molecule has 0 radical (unpaired) electrons. The van der Waals surface area contributed by atoms with Crippen molar-refractivity contribution < 1.29 is 9.59 Å². The summed E-state index contributed by atoms with van der Waals surface area (Å²) in [6.45, 7) is 5.67. The average molecular weight is 353 g/mol. The lowest BCUT2D eigenvalue weighted by Gasteiger charge is -2.32. The Kier molecular flexibility index (Phi) is 6.07. The fraction of sp³-hybridized carbons (Fsp3) is 0.529. The van der Waals surface area contributed by atoms with Crippen molar-refractivity contribution >= 4 is 35.6 Å². The summed E-state index contributed by atoms with van der Waals surface area (Å²) in [5.41, 5.74) is 7.46. The molecule has 0 saturated carbocycles. The molecule has 2 aliphatic heterocycles. The van der Waals surface area contributed by atoms with Crippen molar-refractivity contribution in [3.8, 4) is 0 Å². The Morgan fingerprint density at radius 2 is 1.96 bits per heavy atom. The maximum atomic E-state index is 12.5. The van der Waals surface area contributed by atoms with Crippen LogP contribution in [-0.2, 0) is 4.79 Å². The molecule has 3 rings (SSSR count). The molecule has 1 aromatic rings. The van der Waals surface area contributed by atoms with Gasteiger partial charge in [-0.05, 0) is 50.0 Å². The molecule has 4 N–H and O–H groups in total. The third-order valence-electron chi connectivity index (χ3n) is 4.92. The minimum Gasteiger partial charge on any atom is -0.370 e. The minimum atomic E-state index is -0.482. The summed E-state index contributed by atoms with van der Waals surface area (Å²) in [5, 5.41) is 6.21. The molecule has 2 saturated heterocycles. The molecule has 0 bridgehead atoms. The number of amides is 2. The van der Waals surface area contributed by atoms with E-state index in [1.54, 1.807) is 12.1 Å². The number of primary amides is 1. The largest absolute Gasteiger partial charge is 0.370 e. The quantitative estimate of drug-likeness (QED) is 0.751. The first-order chi connectivity index (χ1) is 11.1. The van der Waals surface area contributed by atoms with Gasteiger partial charge in [-0.15, -0.1) is 12.4 Å². The maximum Gasteiger partial charge on any atom is 0.248 e. The zero-order valence-corrected chi connectivity index (χ0v) is 14.7. The van der Waals surface area contributed by atoms with Gasteiger partial charge in [-0.25, -0.2) is 0 Å². The fourth-order valence-corrected chi connectivity index (χ4v) is 3.15. The van der Waals surface area contributed by atoms with Crippen LogP contribution in [0.4, 0.5) is 11.4 Å². The number of anilines is 2. The van der Waals surface area contributed by atoms with Crippen molar-refractivity contribution in [1.29, 1.82) is 0 Å². The van der Waals surface area contributed by atoms with Gasteiger partial charge in [-0.1, -0.05) is 6.92 Å². The molecule has 24 heavy (non-hydrogen) atoms. The first kappa shape index (κ1) is 18.5. The number of nitrogens with zero attached hydrogens (tertiary/aromatic N) is 1. The first-order valence-electron chi connectivity index (χ1n) is 8.26. The lowest BCUT2D eigenvalue weighted by atomic mass is 9.88. The molecule has 1 atom stereocenters. The van der Waals surface area contributed by atoms with E-state index in [2.05, 4.69) is 15.5 Å². The Bertz CT molecular complexity index is 613. The van der Waals surface area contributed by atoms with Gasteiger partial charge in [0.2, 0.25) is 11.8 Å². The lowest BCUT2D eigenvalue weighted by molar-refractivity contribution is -0.121. The molecule has 2 amide bonds. The van der Waals surface area contributed by atoms with Gasteiger partial charge in [0.1, 0.15) is 0 Å². The summed E-state index contributed by atoms with van der Waals surface area (Å²) >= 11 is 0. The molecule has 0 aliphatic carbocycles. The van der Waals surface area contributed by atoms with Crippen molar-refractivity contribution in [1.82, 2.24) is 5.32 Å². The summed E-state index contributed by atoms with van der Waals surface area (Å²) in [6.07, 6.45) is 2.30. The molecule has 0 aromatic heterocycles. The SMILES string of the molecule is CC(C(=O)Nc1cc(C(N)=O)ccc1N1CCCC1)C1CNC1.Cl. The van der Waals surface area contributed by atoms with Crippen LogP contribution in [0, 0.1) is 11.8 Å². The number of benzene rings is 1. The third kappa shape index (κ3) is 3.82. The van der Waals surface area contributed by atoms with Gasteiger partial charge in [-0.2, -0.15) is 0 Å². The van der Waals surface area contributed by atoms with E-state index in [0.717, 1.165) is 44.7 Å². The van der Waals surface area contributed by atoms with Crippen LogP contribution in [-0.4, -0.2) is 38.0 Å². The lowest BCUT2D eigenvalue weighted by Crippen LogP contribution is -2.48. The molecule has 2 heterocycles. The summed E-state index contributed by atoms with van der Waals surface area (Å²) in [5.74, 6) is -0.159. The van der Waals surface area contributed by atoms with Gasteiger partial charge >= 0.3 is 0 Å². The Balaban J connectivity index is 0.00000208. The summed E-state index contributed by atoms with van der Waals surface area (Å²) in [6, 6.07) is 5.31. The van der Waals surface area contributed by atoms with E-state index in [-0.39, 0.29) is 24.2 Å². The van der Waals surface area contributed by atoms with Gasteiger partial charge in [0.15, 0.2) is 0 Å². The van der Waals surface area contributed by atoms with Crippen LogP contribution in [0.15, 0.2) is 18.2 Å². The molecule has 2 fully saturated rings. The van der Waals surface area contributed by atoms with Crippen LogP contribution in [0.25, 0.3) is 0 Å². The van der Waals surface area contributed by atoms with Crippen LogP contribution in [0.3, 0.4) is 0 Å². The number of hydrogen-bond donors (Lipinski definition) is 3. The van der Waals surface area contributed by atoms with Gasteiger partial charge in [-0.3, -0.25) is 9.59 Å². The van der Waals surface area contributed by atoms with E-state index < -0.39 is 5.91 Å². The van der Waals surface area contributed by atoms with E-state index >= 15 is 0 Å². The predicted molar refractivity (Wildman–Crippen MR) is 97.8 cm³/mol. The van der Waals surface area contributed by atoms with Crippen molar-refractivity contribution in [2.24, 2.45) is 17.6 Å². The molecule has 1 aromatic carbocycles. The standard InChI is InChI=1S/C17H24N4O2.ClH/c1-11(13-9-19-10-13)17(23)20-14-8-12(16(18)22)4-5-15(14)21-6-2-3-7-21;/h4-5,8,11,13,19H,2-3,6-7,9-10H2,1H3,(H2,18,22)(H,20,23);1H. The number of halogens is 1. The fourth-order valence-electron chi connectivity index (χ4n) is 3.15. The number of nitrogens with one attached hydrogen (secondary N) is 2. The number of hydrogen-bond acceptors (Lipinski definition) is 4. The highest BCUT2D eigenvalue weighted by molar-refractivity contribution is 6.00. The third-order valence-corrected chi connectivity index (χ3v) is 4.92. The zero-order chi connectivity index (χ0) is 16.4. The number of carbonyl (C=O) groups excluding carboxylic acids is 2. The Hall–Kier alpha value is -1.79. The van der Waals surface area contributed by atoms with Crippen molar-refractivity contribution in [2.75, 3.05) is 36.4 Å². The van der Waals surface area contributed by atoms with E-state index in [1.165, 1.54) is 0 Å². The van der Waals surface area contributed by atoms with Crippen LogP contribution in [0.2, 0.25) is 0 Å². The van der Waals surface area contributed by atoms with Crippen LogP contribution in [0.5, 0.6) is 0 Å². The van der Waals surface area contributed by atoms with Gasteiger partial charge in [0.05, 0.1) is 11.4 Å². The zero-order valence-electron chi connectivity index (χ0n) is 13.9. The van der Waals surface area contributed by atoms with Crippen LogP contribution < -0.4 is 21.3 Å². The van der Waals surface area contributed by atoms with Gasteiger partial charge < -0.3 is 21.3 Å². The maximum absolute atomic E-state index is 12.5. The van der Waals surface area contributed by atoms with Gasteiger partial charge in [0, 0.05) is 24.6 Å². The Morgan fingerprint density at radius 3 is 2.50 bits per heavy atom. The van der Waals surface area contributed by atoms with E-state index in [1.807, 2.05) is 13.0 Å². The van der Waals surface area contributed by atoms with E-state index in [0.29, 0.717) is 17.2 Å². The number of rotatable bonds is 5. The number of carbonyl (C=O) groups is 2. The van der Waals surface area contributed by atoms with Crippen LogP contribution >= 0.6 is 12.4 Å². The molecule has 1 unspecified atom stereocenters. The first-order valence-corrected chi connectivity index (χ1v) is 8.26. The summed E-state index contributed by atoms with van der Waals surface area (Å²) in [7, 11) is 0. The summed E-state index contributed by atoms with van der Waals surface area (Å²) in [4.78, 5) is 26.2. The highest BCUT2D eigenvalue weighted by atomic mass is 35.5. The molecular formula is C17H25ClN4O2. The van der Waals surface area contributed by atoms with E-state index in [4.69, 9.17) is 5.73 Å². The van der Waals surface area contributed by atoms with Crippen molar-refractivity contribution in [2.45, 2.75) is 19.8 Å². The second-order valence-electron chi connectivity index (χ2n) is 6.49. The highest BCUT2D eigenvalue weighted by Gasteiger charge is 2.29. The summed E-state index contributed by atoms with van der Waals surface area (Å²) < 4.78 is 0. The molecule has 6 nitrogen and oxygen atoms in total. The second kappa shape index (κ2) is 7.85. The van der Waals surface area contributed by atoms with Crippen molar-refractivity contribution in [3.05, 3.63) is 23.8 Å².